The van der Waals surface area contributed by atoms with Gasteiger partial charge in [-0.25, -0.2) is 0 Å². The van der Waals surface area contributed by atoms with Crippen molar-refractivity contribution in [3.8, 4) is 17.1 Å². The Bertz CT molecular complexity index is 1810. The molecule has 3 fully saturated rings. The van der Waals surface area contributed by atoms with E-state index in [1.807, 2.05) is 18.2 Å². The van der Waals surface area contributed by atoms with Crippen molar-refractivity contribution < 1.29 is 39.2 Å². The zero-order valence-corrected chi connectivity index (χ0v) is 27.2. The Labute approximate surface area is 279 Å². The fourth-order valence-corrected chi connectivity index (χ4v) is 9.56. The Kier molecular flexibility index (Phi) is 8.23. The number of benzene rings is 2. The first-order chi connectivity index (χ1) is 22.9. The zero-order chi connectivity index (χ0) is 34.0. The fourth-order valence-electron chi connectivity index (χ4n) is 9.56. The van der Waals surface area contributed by atoms with Gasteiger partial charge >= 0.3 is 0 Å². The highest BCUT2D eigenvalue weighted by molar-refractivity contribution is 6.01. The molecule has 1 aromatic heterocycles. The van der Waals surface area contributed by atoms with Gasteiger partial charge in [0, 0.05) is 39.6 Å². The number of fused-ring (bicyclic) bond motifs is 5. The highest BCUT2D eigenvalue weighted by Gasteiger charge is 2.61. The second-order valence-corrected chi connectivity index (χ2v) is 14.8. The molecular weight excluding hydrogens is 610 g/mol. The van der Waals surface area contributed by atoms with Gasteiger partial charge in [-0.3, -0.25) is 9.59 Å². The van der Waals surface area contributed by atoms with E-state index in [4.69, 9.17) is 14.9 Å². The quantitative estimate of drug-likeness (QED) is 0.154. The normalized spacial score (nSPS) is 31.5. The maximum atomic E-state index is 13.9. The van der Waals surface area contributed by atoms with Crippen LogP contribution in [0.15, 0.2) is 83.0 Å². The Morgan fingerprint density at radius 3 is 2.69 bits per heavy atom. The summed E-state index contributed by atoms with van der Waals surface area (Å²) in [4.78, 5) is 26.0. The molecule has 252 valence electrons. The van der Waals surface area contributed by atoms with Gasteiger partial charge < -0.3 is 35.3 Å². The van der Waals surface area contributed by atoms with Crippen LogP contribution in [0.5, 0.6) is 5.75 Å². The van der Waals surface area contributed by atoms with Crippen molar-refractivity contribution in [1.82, 2.24) is 0 Å². The molecule has 1 heterocycles. The van der Waals surface area contributed by atoms with Crippen LogP contribution >= 0.6 is 0 Å². The topological polar surface area (TPSA) is 163 Å². The first-order valence-electron chi connectivity index (χ1n) is 16.8. The van der Waals surface area contributed by atoms with Crippen LogP contribution in [-0.4, -0.2) is 38.1 Å². The minimum atomic E-state index is -1.82. The molecule has 3 saturated carbocycles. The van der Waals surface area contributed by atoms with Gasteiger partial charge in [0.15, 0.2) is 17.9 Å². The zero-order valence-electron chi connectivity index (χ0n) is 27.2. The van der Waals surface area contributed by atoms with Crippen LogP contribution in [0.4, 0.5) is 5.69 Å². The number of anilines is 1. The fraction of sp³-hybridized carbons (Fsp3) is 0.436. The van der Waals surface area contributed by atoms with E-state index < -0.39 is 18.5 Å². The number of rotatable bonds is 8. The van der Waals surface area contributed by atoms with Gasteiger partial charge in [0.2, 0.25) is 0 Å². The molecule has 2 aromatic carbocycles. The highest BCUT2D eigenvalue weighted by atomic mass is 16.5. The van der Waals surface area contributed by atoms with E-state index in [-0.39, 0.29) is 64.0 Å². The molecule has 0 amide bonds. The number of allylic oxidation sites excluding steroid dienone is 4. The minimum Gasteiger partial charge on any atom is -0.489 e. The Morgan fingerprint density at radius 2 is 1.92 bits per heavy atom. The number of ketones is 2. The van der Waals surface area contributed by atoms with E-state index in [0.29, 0.717) is 41.8 Å². The summed E-state index contributed by atoms with van der Waals surface area (Å²) < 4.78 is 11.6. The summed E-state index contributed by atoms with van der Waals surface area (Å²) in [7, 11) is 0. The van der Waals surface area contributed by atoms with Gasteiger partial charge in [-0.05, 0) is 103 Å². The monoisotopic (exact) mass is 653 g/mol. The molecule has 6 N–H and O–H groups in total. The Hall–Kier alpha value is -4.02. The van der Waals surface area contributed by atoms with Gasteiger partial charge in [-0.15, -0.1) is 0 Å². The van der Waals surface area contributed by atoms with Crippen LogP contribution < -0.4 is 10.5 Å². The van der Waals surface area contributed by atoms with Crippen molar-refractivity contribution in [3.05, 3.63) is 95.3 Å². The molecule has 0 saturated heterocycles. The lowest BCUT2D eigenvalue weighted by atomic mass is 9.47. The maximum Gasteiger partial charge on any atom is 0.179 e. The number of furan rings is 1. The Balaban J connectivity index is 1.07. The number of aliphatic hydroxyl groups is 4. The molecule has 0 radical (unpaired) electrons. The van der Waals surface area contributed by atoms with E-state index >= 15 is 0 Å². The third-order valence-electron chi connectivity index (χ3n) is 11.8. The minimum absolute atomic E-state index is 0.00100. The smallest absolute Gasteiger partial charge is 0.179 e. The molecule has 0 bridgehead atoms. The number of carbonyl (C=O) groups excluding carboxylic acids is 2. The third kappa shape index (κ3) is 5.62. The number of carbonyl (C=O) groups is 2. The average molecular weight is 654 g/mol. The molecule has 9 nitrogen and oxygen atoms in total. The van der Waals surface area contributed by atoms with Crippen LogP contribution in [0.2, 0.25) is 0 Å². The van der Waals surface area contributed by atoms with Gasteiger partial charge in [0.05, 0.1) is 12.4 Å². The summed E-state index contributed by atoms with van der Waals surface area (Å²) >= 11 is 0. The lowest BCUT2D eigenvalue weighted by molar-refractivity contribution is -0.131. The van der Waals surface area contributed by atoms with Crippen LogP contribution in [0, 0.1) is 34.5 Å². The maximum absolute atomic E-state index is 13.9. The molecule has 9 heteroatoms. The number of aliphatic hydroxyl groups excluding tert-OH is 3. The lowest BCUT2D eigenvalue weighted by Crippen LogP contribution is -2.54. The molecular formula is C39H43NO8. The average Bonchev–Trinajstić information content (AvgIpc) is 3.68. The lowest BCUT2D eigenvalue weighted by Gasteiger charge is -2.58. The standard InChI is InChI=1S/C39H43NO8/c1-38-17-22(13-31(38)29-8-6-24-15-26(41)10-11-39(24,2)34(29)32(42)18-38)35(43)36(44)23-14-33(48-20-23)28-9-7-27(16-30(28)37(45)46)47-19-21-4-3-5-25(40)12-21/h3-5,7,9-12,14-16,20,22,29,31-32,34,36-37,42,44-46H,6,8,13,17-19,40H2,1-2H3/t22-,29-,31?,32-,34?,36?,38-,39-/m0/s1. The SMILES string of the molecule is C[C@@]12C[C@@H](C(=O)C(O)c3coc(-c4ccc(OCc5cccc(N)c5)cc4C(O)O)c3)CC1[C@@H]1CCC3=CC(=O)C=C[C@]3(C)C1[C@@H](O)C2. The summed E-state index contributed by atoms with van der Waals surface area (Å²) in [5.74, 6) is 0.432. The van der Waals surface area contributed by atoms with E-state index in [1.165, 1.54) is 12.3 Å². The predicted octanol–water partition coefficient (Wildman–Crippen LogP) is 5.59. The van der Waals surface area contributed by atoms with Crippen LogP contribution in [0.25, 0.3) is 11.3 Å². The Morgan fingerprint density at radius 1 is 1.10 bits per heavy atom. The van der Waals surface area contributed by atoms with E-state index in [0.717, 1.165) is 24.0 Å². The number of Topliss-reactive ketones (excluding diaryl/α,β-unsaturated/α-hetero) is 1. The van der Waals surface area contributed by atoms with Crippen molar-refractivity contribution in [2.75, 3.05) is 5.73 Å². The van der Waals surface area contributed by atoms with Crippen LogP contribution in [-0.2, 0) is 16.2 Å². The van der Waals surface area contributed by atoms with Crippen LogP contribution in [0.1, 0.15) is 75.0 Å². The van der Waals surface area contributed by atoms with E-state index in [1.54, 1.807) is 42.5 Å². The molecule has 8 atom stereocenters. The van der Waals surface area contributed by atoms with Gasteiger partial charge in [0.1, 0.15) is 24.2 Å². The molecule has 3 aromatic rings. The van der Waals surface area contributed by atoms with Crippen molar-refractivity contribution >= 4 is 17.3 Å². The third-order valence-corrected chi connectivity index (χ3v) is 11.8. The van der Waals surface area contributed by atoms with E-state index in [2.05, 4.69) is 13.8 Å². The number of nitrogen functional groups attached to an aromatic ring is 1. The highest BCUT2D eigenvalue weighted by Crippen LogP contribution is 2.65. The summed E-state index contributed by atoms with van der Waals surface area (Å²) in [6.45, 7) is 4.54. The first kappa shape index (κ1) is 32.5. The number of hydrogen-bond acceptors (Lipinski definition) is 9. The van der Waals surface area contributed by atoms with Gasteiger partial charge in [0.25, 0.3) is 0 Å². The van der Waals surface area contributed by atoms with Crippen LogP contribution in [0.3, 0.4) is 0 Å². The summed E-state index contributed by atoms with van der Waals surface area (Å²) in [5, 5.41) is 43.2. The van der Waals surface area contributed by atoms with Crippen molar-refractivity contribution in [2.24, 2.45) is 34.5 Å². The van der Waals surface area contributed by atoms with Crippen molar-refractivity contribution in [3.63, 3.8) is 0 Å². The molecule has 7 rings (SSSR count). The second kappa shape index (κ2) is 12.1. The van der Waals surface area contributed by atoms with Crippen molar-refractivity contribution in [1.29, 1.82) is 0 Å². The van der Waals surface area contributed by atoms with E-state index in [9.17, 15) is 30.0 Å². The first-order valence-corrected chi connectivity index (χ1v) is 16.8. The summed E-state index contributed by atoms with van der Waals surface area (Å²) in [6, 6.07) is 13.7. The summed E-state index contributed by atoms with van der Waals surface area (Å²) in [6.07, 6.45) is 6.36. The van der Waals surface area contributed by atoms with Gasteiger partial charge in [-0.1, -0.05) is 37.6 Å². The van der Waals surface area contributed by atoms with Gasteiger partial charge in [-0.2, -0.15) is 0 Å². The number of nitrogens with two attached hydrogens (primary N) is 1. The molecule has 0 spiro atoms. The molecule has 3 unspecified atom stereocenters. The summed E-state index contributed by atoms with van der Waals surface area (Å²) in [5.41, 5.74) is 8.64. The molecule has 4 aliphatic rings. The molecule has 0 aliphatic heterocycles. The van der Waals surface area contributed by atoms with Crippen molar-refractivity contribution in [2.45, 2.75) is 71.1 Å². The molecule has 48 heavy (non-hydrogen) atoms. The largest absolute Gasteiger partial charge is 0.489 e. The molecule has 4 aliphatic carbocycles. The number of hydrogen-bond donors (Lipinski definition) is 5. The second-order valence-electron chi connectivity index (χ2n) is 14.8. The number of ether oxygens (including phenoxy) is 1. The predicted molar refractivity (Wildman–Crippen MR) is 178 cm³/mol.